The minimum atomic E-state index is 1.34. The van der Waals surface area contributed by atoms with Crippen LogP contribution in [0.25, 0.3) is 6.08 Å². The van der Waals surface area contributed by atoms with E-state index in [-0.39, 0.29) is 0 Å². The molecule has 0 nitrogen and oxygen atoms in total. The van der Waals surface area contributed by atoms with Crippen molar-refractivity contribution in [1.29, 1.82) is 0 Å². The first kappa shape index (κ1) is 10.3. The van der Waals surface area contributed by atoms with E-state index in [1.54, 1.807) is 22.7 Å². The van der Waals surface area contributed by atoms with Gasteiger partial charge >= 0.3 is 0 Å². The maximum absolute atomic E-state index is 2.38. The third-order valence-electron chi connectivity index (χ3n) is 1.60. The Morgan fingerprint density at radius 1 is 1.38 bits per heavy atom. The number of hydrogen-bond acceptors (Lipinski definition) is 1. The van der Waals surface area contributed by atoms with Gasteiger partial charge in [0.15, 0.2) is 5.41 Å². The average Bonchev–Trinajstić information content (AvgIpc) is 2.65. The highest BCUT2D eigenvalue weighted by molar-refractivity contribution is 14.1. The van der Waals surface area contributed by atoms with Gasteiger partial charge in [-0.05, 0) is 45.7 Å². The van der Waals surface area contributed by atoms with E-state index in [0.717, 1.165) is 0 Å². The van der Waals surface area contributed by atoms with Crippen LogP contribution in [0.15, 0.2) is 28.5 Å². The van der Waals surface area contributed by atoms with E-state index in [2.05, 4.69) is 74.2 Å². The highest BCUT2D eigenvalue weighted by Gasteiger charge is 2.16. The van der Waals surface area contributed by atoms with Gasteiger partial charge in [-0.1, -0.05) is 0 Å². The molecule has 2 heterocycles. The lowest BCUT2D eigenvalue weighted by atomic mass is 10.2. The molecular formula is C9H5I2S2+. The maximum atomic E-state index is 2.38. The Labute approximate surface area is 112 Å². The van der Waals surface area contributed by atoms with Crippen molar-refractivity contribution >= 4 is 76.8 Å². The van der Waals surface area contributed by atoms with E-state index >= 15 is 0 Å². The highest BCUT2D eigenvalue weighted by Crippen LogP contribution is 2.24. The molecule has 13 heavy (non-hydrogen) atoms. The number of rotatable bonds is 1. The molecule has 0 N–H and O–H groups in total. The van der Waals surface area contributed by atoms with E-state index in [0.29, 0.717) is 0 Å². The van der Waals surface area contributed by atoms with Crippen molar-refractivity contribution in [2.45, 2.75) is 0 Å². The second kappa shape index (κ2) is 4.50. The third kappa shape index (κ3) is 2.40. The van der Waals surface area contributed by atoms with Crippen LogP contribution in [0.1, 0.15) is 5.56 Å². The molecule has 66 valence electrons. The first-order valence-corrected chi connectivity index (χ1v) is 7.50. The molecule has 1 aromatic rings. The van der Waals surface area contributed by atoms with Gasteiger partial charge in [0.2, 0.25) is 11.4 Å². The van der Waals surface area contributed by atoms with Crippen LogP contribution < -0.4 is 0 Å². The number of halogens is 2. The van der Waals surface area contributed by atoms with E-state index in [4.69, 9.17) is 0 Å². The lowest BCUT2D eigenvalue weighted by Crippen LogP contribution is -1.84. The molecule has 0 radical (unpaired) electrons. The van der Waals surface area contributed by atoms with Crippen LogP contribution in [0.3, 0.4) is 0 Å². The van der Waals surface area contributed by atoms with Crippen LogP contribution in [-0.4, -0.2) is 2.87 Å². The van der Waals surface area contributed by atoms with Crippen LogP contribution in [0.2, 0.25) is 0 Å². The molecule has 0 saturated heterocycles. The fourth-order valence-corrected chi connectivity index (χ4v) is 3.72. The van der Waals surface area contributed by atoms with Crippen molar-refractivity contribution < 1.29 is 0 Å². The molecule has 0 atom stereocenters. The average molecular weight is 431 g/mol. The van der Waals surface area contributed by atoms with Crippen molar-refractivity contribution in [3.05, 3.63) is 37.0 Å². The predicted octanol–water partition coefficient (Wildman–Crippen LogP) is 3.91. The summed E-state index contributed by atoms with van der Waals surface area (Å²) in [6.45, 7) is 0. The zero-order chi connectivity index (χ0) is 9.26. The Morgan fingerprint density at radius 2 is 2.23 bits per heavy atom. The molecule has 0 spiro atoms. The molecule has 0 bridgehead atoms. The molecule has 0 saturated carbocycles. The monoisotopic (exact) mass is 431 g/mol. The number of hydrogen-bond donors (Lipinski definition) is 0. The summed E-state index contributed by atoms with van der Waals surface area (Å²) in [5, 5.41) is 4.26. The number of thiophene rings is 1. The molecule has 0 aliphatic carbocycles. The molecule has 0 amide bonds. The van der Waals surface area contributed by atoms with Gasteiger partial charge in [-0.2, -0.15) is 0 Å². The van der Waals surface area contributed by atoms with Crippen molar-refractivity contribution in [3.63, 3.8) is 0 Å². The van der Waals surface area contributed by atoms with Gasteiger partial charge in [0, 0.05) is 28.7 Å². The Bertz CT molecular complexity index is 413. The van der Waals surface area contributed by atoms with Gasteiger partial charge in [0.25, 0.3) is 2.87 Å². The first-order valence-electron chi connectivity index (χ1n) is 3.58. The predicted molar refractivity (Wildman–Crippen MR) is 80.5 cm³/mol. The minimum absolute atomic E-state index is 1.34. The zero-order valence-electron chi connectivity index (χ0n) is 6.46. The van der Waals surface area contributed by atoms with Crippen LogP contribution in [-0.2, 0) is 11.4 Å². The molecule has 0 fully saturated rings. The summed E-state index contributed by atoms with van der Waals surface area (Å²) < 4.78 is 2.72. The normalized spacial score (nSPS) is 18.3. The summed E-state index contributed by atoms with van der Waals surface area (Å²) in [6, 6.07) is 2.17. The largest absolute Gasteiger partial charge is 0.273 e. The zero-order valence-corrected chi connectivity index (χ0v) is 12.4. The highest BCUT2D eigenvalue weighted by atomic mass is 127. The number of allylic oxidation sites excluding steroid dienone is 2. The summed E-state index contributed by atoms with van der Waals surface area (Å²) >= 11 is 8.34. The van der Waals surface area contributed by atoms with E-state index in [1.807, 2.05) is 0 Å². The van der Waals surface area contributed by atoms with Crippen molar-refractivity contribution in [3.8, 4) is 0 Å². The summed E-state index contributed by atoms with van der Waals surface area (Å²) in [7, 11) is 0. The summed E-state index contributed by atoms with van der Waals surface area (Å²) in [4.78, 5) is 0. The molecule has 1 aliphatic heterocycles. The van der Waals surface area contributed by atoms with Gasteiger partial charge in [0.05, 0.1) is 8.46 Å². The van der Waals surface area contributed by atoms with Crippen molar-refractivity contribution in [2.24, 2.45) is 0 Å². The van der Waals surface area contributed by atoms with Crippen molar-refractivity contribution in [2.75, 3.05) is 0 Å². The van der Waals surface area contributed by atoms with Gasteiger partial charge in [0.1, 0.15) is 0 Å². The molecular weight excluding hydrogens is 426 g/mol. The summed E-state index contributed by atoms with van der Waals surface area (Å²) in [6.07, 6.45) is 4.41. The Hall–Kier alpha value is 0.730. The van der Waals surface area contributed by atoms with E-state index in [1.165, 1.54) is 16.9 Å². The van der Waals surface area contributed by atoms with Gasteiger partial charge in [-0.15, -0.1) is 11.3 Å². The van der Waals surface area contributed by atoms with Crippen LogP contribution >= 0.6 is 56.5 Å². The van der Waals surface area contributed by atoms with Crippen LogP contribution in [0.5, 0.6) is 0 Å². The molecule has 4 heteroatoms. The second-order valence-electron chi connectivity index (χ2n) is 2.44. The SMILES string of the molecule is IC1=[S+]C=C/C1=C/c1ccsc1I. The topological polar surface area (TPSA) is 0 Å². The standard InChI is InChI=1S/C9H5I2S2/c10-8-6(1-3-12-8)5-7-2-4-13-9(7)11/h1-5H/q+1. The molecule has 2 rings (SSSR count). The van der Waals surface area contributed by atoms with Gasteiger partial charge in [-0.3, -0.25) is 0 Å². The quantitative estimate of drug-likeness (QED) is 0.208. The fraction of sp³-hybridized carbons (Fsp3) is 0. The second-order valence-corrected chi connectivity index (χ2v) is 7.90. The molecule has 0 unspecified atom stereocenters. The summed E-state index contributed by atoms with van der Waals surface area (Å²) in [5.41, 5.74) is 2.67. The maximum Gasteiger partial charge on any atom is 0.273 e. The van der Waals surface area contributed by atoms with Gasteiger partial charge < -0.3 is 0 Å². The Morgan fingerprint density at radius 3 is 2.77 bits per heavy atom. The Balaban J connectivity index is 2.36. The van der Waals surface area contributed by atoms with E-state index < -0.39 is 0 Å². The fourth-order valence-electron chi connectivity index (χ4n) is 0.978. The van der Waals surface area contributed by atoms with Crippen LogP contribution in [0, 0.1) is 2.88 Å². The molecule has 1 aliphatic rings. The lowest BCUT2D eigenvalue weighted by molar-refractivity contribution is 1.80. The molecule has 1 aromatic heterocycles. The molecule has 0 aromatic carbocycles. The third-order valence-corrected chi connectivity index (χ3v) is 5.80. The van der Waals surface area contributed by atoms with Crippen LogP contribution in [0.4, 0.5) is 0 Å². The van der Waals surface area contributed by atoms with Crippen molar-refractivity contribution in [1.82, 2.24) is 0 Å². The minimum Gasteiger partial charge on any atom is -0.137 e. The smallest absolute Gasteiger partial charge is 0.137 e. The summed E-state index contributed by atoms with van der Waals surface area (Å²) in [5.74, 6) is 0. The van der Waals surface area contributed by atoms with E-state index in [9.17, 15) is 0 Å². The van der Waals surface area contributed by atoms with Gasteiger partial charge in [-0.25, -0.2) is 0 Å². The lowest BCUT2D eigenvalue weighted by Gasteiger charge is -1.89. The Kier molecular flexibility index (Phi) is 3.55. The first-order chi connectivity index (χ1) is 6.27.